The minimum atomic E-state index is -0.0263. The zero-order valence-electron chi connectivity index (χ0n) is 11.7. The fraction of sp³-hybridized carbons (Fsp3) is 0.600. The molecule has 1 rings (SSSR count). The Labute approximate surface area is 110 Å². The Morgan fingerprint density at radius 3 is 2.61 bits per heavy atom. The Bertz CT molecular complexity index is 350. The molecule has 0 fully saturated rings. The number of hydrogen-bond donors (Lipinski definition) is 1. The Morgan fingerprint density at radius 1 is 1.22 bits per heavy atom. The smallest absolute Gasteiger partial charge is 0.127 e. The molecule has 0 amide bonds. The third-order valence-corrected chi connectivity index (χ3v) is 2.97. The van der Waals surface area contributed by atoms with Crippen molar-refractivity contribution in [3.8, 4) is 11.5 Å². The molecule has 0 saturated carbocycles. The minimum Gasteiger partial charge on any atom is -0.497 e. The number of benzene rings is 1. The number of hydrogen-bond acceptors (Lipinski definition) is 3. The van der Waals surface area contributed by atoms with E-state index in [1.165, 1.54) is 19.3 Å². The van der Waals surface area contributed by atoms with Crippen LogP contribution in [0.4, 0.5) is 0 Å². The molecule has 0 spiro atoms. The van der Waals surface area contributed by atoms with Gasteiger partial charge >= 0.3 is 0 Å². The first-order valence-corrected chi connectivity index (χ1v) is 6.75. The summed E-state index contributed by atoms with van der Waals surface area (Å²) >= 11 is 0. The molecule has 2 N–H and O–H groups in total. The average molecular weight is 251 g/mol. The highest BCUT2D eigenvalue weighted by Gasteiger charge is 2.09. The molecule has 0 heterocycles. The number of methoxy groups -OCH3 is 1. The largest absolute Gasteiger partial charge is 0.497 e. The molecule has 0 radical (unpaired) electrons. The lowest BCUT2D eigenvalue weighted by Gasteiger charge is -2.15. The van der Waals surface area contributed by atoms with E-state index in [0.29, 0.717) is 0 Å². The monoisotopic (exact) mass is 251 g/mol. The molecule has 1 atom stereocenters. The van der Waals surface area contributed by atoms with Gasteiger partial charge in [0.05, 0.1) is 13.7 Å². The van der Waals surface area contributed by atoms with E-state index < -0.39 is 0 Å². The van der Waals surface area contributed by atoms with E-state index >= 15 is 0 Å². The molecule has 0 aliphatic heterocycles. The summed E-state index contributed by atoms with van der Waals surface area (Å²) < 4.78 is 11.0. The zero-order valence-corrected chi connectivity index (χ0v) is 11.7. The first kappa shape index (κ1) is 14.8. The summed E-state index contributed by atoms with van der Waals surface area (Å²) in [6.07, 6.45) is 4.81. The molecule has 1 aromatic rings. The summed E-state index contributed by atoms with van der Waals surface area (Å²) in [6, 6.07) is 5.79. The van der Waals surface area contributed by atoms with Crippen LogP contribution < -0.4 is 15.2 Å². The van der Waals surface area contributed by atoms with Gasteiger partial charge in [0.15, 0.2) is 0 Å². The number of rotatable bonds is 8. The van der Waals surface area contributed by atoms with Crippen molar-refractivity contribution in [3.63, 3.8) is 0 Å². The predicted molar refractivity (Wildman–Crippen MR) is 75.2 cm³/mol. The lowest BCUT2D eigenvalue weighted by molar-refractivity contribution is 0.298. The van der Waals surface area contributed by atoms with Crippen molar-refractivity contribution in [2.24, 2.45) is 5.73 Å². The normalized spacial score (nSPS) is 12.2. The van der Waals surface area contributed by atoms with E-state index in [9.17, 15) is 0 Å². The Morgan fingerprint density at radius 2 is 2.00 bits per heavy atom. The van der Waals surface area contributed by atoms with Gasteiger partial charge in [-0.1, -0.05) is 32.3 Å². The second-order valence-corrected chi connectivity index (χ2v) is 4.60. The van der Waals surface area contributed by atoms with Crippen LogP contribution in [-0.2, 0) is 0 Å². The standard InChI is InChI=1S/C15H25NO2/c1-4-5-6-7-10-18-15-11-13(17-3)8-9-14(15)12(2)16/h8-9,11-12H,4-7,10,16H2,1-3H3. The van der Waals surface area contributed by atoms with Crippen LogP contribution in [0.25, 0.3) is 0 Å². The lowest BCUT2D eigenvalue weighted by atomic mass is 10.1. The summed E-state index contributed by atoms with van der Waals surface area (Å²) in [5.74, 6) is 1.66. The molecule has 0 aromatic heterocycles. The van der Waals surface area contributed by atoms with Gasteiger partial charge in [0.1, 0.15) is 11.5 Å². The molecule has 1 aromatic carbocycles. The molecule has 1 unspecified atom stereocenters. The third-order valence-electron chi connectivity index (χ3n) is 2.97. The maximum Gasteiger partial charge on any atom is 0.127 e. The highest BCUT2D eigenvalue weighted by atomic mass is 16.5. The van der Waals surface area contributed by atoms with E-state index in [0.717, 1.165) is 30.1 Å². The van der Waals surface area contributed by atoms with E-state index in [1.54, 1.807) is 7.11 Å². The van der Waals surface area contributed by atoms with Crippen LogP contribution in [-0.4, -0.2) is 13.7 Å². The summed E-state index contributed by atoms with van der Waals surface area (Å²) in [7, 11) is 1.66. The molecule has 3 nitrogen and oxygen atoms in total. The van der Waals surface area contributed by atoms with Crippen molar-refractivity contribution in [1.29, 1.82) is 0 Å². The van der Waals surface area contributed by atoms with Crippen molar-refractivity contribution in [2.75, 3.05) is 13.7 Å². The maximum atomic E-state index is 5.94. The Kier molecular flexibility index (Phi) is 6.58. The van der Waals surface area contributed by atoms with Crippen LogP contribution in [0.2, 0.25) is 0 Å². The maximum absolute atomic E-state index is 5.94. The van der Waals surface area contributed by atoms with E-state index in [1.807, 2.05) is 25.1 Å². The van der Waals surface area contributed by atoms with Gasteiger partial charge in [0.25, 0.3) is 0 Å². The van der Waals surface area contributed by atoms with Crippen LogP contribution >= 0.6 is 0 Å². The van der Waals surface area contributed by atoms with Crippen LogP contribution in [0.3, 0.4) is 0 Å². The summed E-state index contributed by atoms with van der Waals surface area (Å²) in [4.78, 5) is 0. The summed E-state index contributed by atoms with van der Waals surface area (Å²) in [5, 5.41) is 0. The molecule has 102 valence electrons. The van der Waals surface area contributed by atoms with Crippen molar-refractivity contribution in [1.82, 2.24) is 0 Å². The first-order valence-electron chi connectivity index (χ1n) is 6.75. The molecule has 0 saturated heterocycles. The van der Waals surface area contributed by atoms with Crippen molar-refractivity contribution < 1.29 is 9.47 Å². The number of nitrogens with two attached hydrogens (primary N) is 1. The SMILES string of the molecule is CCCCCCOc1cc(OC)ccc1C(C)N. The third kappa shape index (κ3) is 4.57. The van der Waals surface area contributed by atoms with Gasteiger partial charge < -0.3 is 15.2 Å². The molecule has 0 aliphatic carbocycles. The second-order valence-electron chi connectivity index (χ2n) is 4.60. The van der Waals surface area contributed by atoms with Gasteiger partial charge in [0.2, 0.25) is 0 Å². The predicted octanol–water partition coefficient (Wildman–Crippen LogP) is 3.67. The average Bonchev–Trinajstić information content (AvgIpc) is 2.38. The molecule has 18 heavy (non-hydrogen) atoms. The summed E-state index contributed by atoms with van der Waals surface area (Å²) in [6.45, 7) is 4.91. The van der Waals surface area contributed by atoms with Gasteiger partial charge in [-0.05, 0) is 19.4 Å². The highest BCUT2D eigenvalue weighted by molar-refractivity contribution is 5.42. The molecule has 0 aliphatic rings. The van der Waals surface area contributed by atoms with Crippen molar-refractivity contribution in [3.05, 3.63) is 23.8 Å². The molecule has 0 bridgehead atoms. The van der Waals surface area contributed by atoms with Crippen molar-refractivity contribution >= 4 is 0 Å². The van der Waals surface area contributed by atoms with Crippen molar-refractivity contribution in [2.45, 2.75) is 45.6 Å². The van der Waals surface area contributed by atoms with E-state index in [-0.39, 0.29) is 6.04 Å². The quantitative estimate of drug-likeness (QED) is 0.717. The van der Waals surface area contributed by atoms with Gasteiger partial charge in [0, 0.05) is 17.7 Å². The minimum absolute atomic E-state index is 0.0263. The van der Waals surface area contributed by atoms with Crippen LogP contribution in [0.1, 0.15) is 51.1 Å². The fourth-order valence-electron chi connectivity index (χ4n) is 1.85. The van der Waals surface area contributed by atoms with E-state index in [4.69, 9.17) is 15.2 Å². The number of ether oxygens (including phenoxy) is 2. The first-order chi connectivity index (χ1) is 8.69. The molecular weight excluding hydrogens is 226 g/mol. The van der Waals surface area contributed by atoms with Gasteiger partial charge in [-0.2, -0.15) is 0 Å². The highest BCUT2D eigenvalue weighted by Crippen LogP contribution is 2.28. The van der Waals surface area contributed by atoms with Gasteiger partial charge in [-0.3, -0.25) is 0 Å². The van der Waals surface area contributed by atoms with Crippen LogP contribution in [0.15, 0.2) is 18.2 Å². The van der Waals surface area contributed by atoms with Gasteiger partial charge in [-0.25, -0.2) is 0 Å². The zero-order chi connectivity index (χ0) is 13.4. The topological polar surface area (TPSA) is 44.5 Å². The fourth-order valence-corrected chi connectivity index (χ4v) is 1.85. The lowest BCUT2D eigenvalue weighted by Crippen LogP contribution is -2.09. The second kappa shape index (κ2) is 7.98. The van der Waals surface area contributed by atoms with Gasteiger partial charge in [-0.15, -0.1) is 0 Å². The van der Waals surface area contributed by atoms with E-state index in [2.05, 4.69) is 6.92 Å². The van der Waals surface area contributed by atoms with Crippen LogP contribution in [0, 0.1) is 0 Å². The molecular formula is C15H25NO2. The molecule has 3 heteroatoms. The Balaban J connectivity index is 2.60. The Hall–Kier alpha value is -1.22. The summed E-state index contributed by atoms with van der Waals surface area (Å²) in [5.41, 5.74) is 6.97. The van der Waals surface area contributed by atoms with Crippen LogP contribution in [0.5, 0.6) is 11.5 Å². The number of unbranched alkanes of at least 4 members (excludes halogenated alkanes) is 3.